The molecule has 2 atom stereocenters. The van der Waals surface area contributed by atoms with Crippen molar-refractivity contribution in [3.63, 3.8) is 0 Å². The molecule has 1 aliphatic rings. The topological polar surface area (TPSA) is 15.3 Å². The van der Waals surface area contributed by atoms with E-state index < -0.39 is 0 Å². The van der Waals surface area contributed by atoms with Crippen LogP contribution in [0.2, 0.25) is 5.02 Å². The maximum absolute atomic E-state index is 13.1. The maximum Gasteiger partial charge on any atom is 0.141 e. The van der Waals surface area contributed by atoms with Crippen LogP contribution in [0.3, 0.4) is 0 Å². The highest BCUT2D eigenvalue weighted by Crippen LogP contribution is 2.26. The fraction of sp³-hybridized carbons (Fsp3) is 0.538. The van der Waals surface area contributed by atoms with Crippen LogP contribution in [-0.2, 0) is 0 Å². The van der Waals surface area contributed by atoms with E-state index in [4.69, 9.17) is 11.6 Å². The van der Waals surface area contributed by atoms with Crippen molar-refractivity contribution in [2.45, 2.75) is 25.4 Å². The molecule has 2 unspecified atom stereocenters. The van der Waals surface area contributed by atoms with Crippen LogP contribution in [-0.4, -0.2) is 31.1 Å². The van der Waals surface area contributed by atoms with Crippen LogP contribution in [0.15, 0.2) is 18.2 Å². The second-order valence-corrected chi connectivity index (χ2v) is 5.07. The van der Waals surface area contributed by atoms with Crippen molar-refractivity contribution in [1.82, 2.24) is 10.2 Å². The third-order valence-electron chi connectivity index (χ3n) is 3.65. The molecule has 1 aliphatic heterocycles. The molecule has 2 rings (SSSR count). The fourth-order valence-corrected chi connectivity index (χ4v) is 2.50. The normalized spacial score (nSPS) is 22.1. The quantitative estimate of drug-likeness (QED) is 0.895. The molecule has 4 heteroatoms. The molecule has 0 aliphatic carbocycles. The Bertz CT molecular complexity index is 391. The van der Waals surface area contributed by atoms with Gasteiger partial charge >= 0.3 is 0 Å². The minimum atomic E-state index is -0.354. The summed E-state index contributed by atoms with van der Waals surface area (Å²) in [5, 5.41) is 3.55. The van der Waals surface area contributed by atoms with Gasteiger partial charge in [0.25, 0.3) is 0 Å². The van der Waals surface area contributed by atoms with Crippen LogP contribution in [0.25, 0.3) is 0 Å². The van der Waals surface area contributed by atoms with Crippen LogP contribution in [0.5, 0.6) is 0 Å². The van der Waals surface area contributed by atoms with Crippen molar-refractivity contribution < 1.29 is 4.39 Å². The van der Waals surface area contributed by atoms with Gasteiger partial charge in [-0.05, 0) is 44.6 Å². The van der Waals surface area contributed by atoms with Gasteiger partial charge < -0.3 is 5.32 Å². The Labute approximate surface area is 107 Å². The summed E-state index contributed by atoms with van der Waals surface area (Å²) >= 11 is 5.82. The van der Waals surface area contributed by atoms with E-state index in [1.54, 1.807) is 6.07 Å². The van der Waals surface area contributed by atoms with Gasteiger partial charge in [-0.25, -0.2) is 4.39 Å². The number of hydrogen-bond donors (Lipinski definition) is 1. The zero-order valence-corrected chi connectivity index (χ0v) is 11.0. The number of nitrogens with one attached hydrogen (secondary N) is 1. The number of benzene rings is 1. The van der Waals surface area contributed by atoms with E-state index in [0.717, 1.165) is 25.1 Å². The van der Waals surface area contributed by atoms with Crippen molar-refractivity contribution in [3.8, 4) is 0 Å². The summed E-state index contributed by atoms with van der Waals surface area (Å²) in [6.07, 6.45) is 1.16. The Morgan fingerprint density at radius 2 is 2.29 bits per heavy atom. The summed E-state index contributed by atoms with van der Waals surface area (Å²) in [5.74, 6) is -0.354. The molecule has 17 heavy (non-hydrogen) atoms. The van der Waals surface area contributed by atoms with Crippen LogP contribution in [0.1, 0.15) is 24.9 Å². The van der Waals surface area contributed by atoms with Gasteiger partial charge in [0, 0.05) is 18.6 Å². The van der Waals surface area contributed by atoms with Gasteiger partial charge in [0.1, 0.15) is 5.82 Å². The average molecular weight is 257 g/mol. The predicted molar refractivity (Wildman–Crippen MR) is 68.9 cm³/mol. The molecule has 0 radical (unpaired) electrons. The molecule has 1 saturated heterocycles. The third-order valence-corrected chi connectivity index (χ3v) is 3.94. The summed E-state index contributed by atoms with van der Waals surface area (Å²) in [7, 11) is 2.11. The lowest BCUT2D eigenvalue weighted by atomic mass is 10.1. The Hall–Kier alpha value is -0.640. The summed E-state index contributed by atoms with van der Waals surface area (Å²) < 4.78 is 13.1. The van der Waals surface area contributed by atoms with Crippen molar-refractivity contribution >= 4 is 11.6 Å². The first-order chi connectivity index (χ1) is 8.09. The first kappa shape index (κ1) is 12.8. The zero-order chi connectivity index (χ0) is 12.4. The molecule has 0 saturated carbocycles. The molecular weight excluding hydrogens is 239 g/mol. The fourth-order valence-electron chi connectivity index (χ4n) is 2.31. The third kappa shape index (κ3) is 2.79. The number of likely N-dealkylation sites (N-methyl/N-ethyl adjacent to an activating group) is 1. The van der Waals surface area contributed by atoms with Crippen LogP contribution < -0.4 is 5.32 Å². The van der Waals surface area contributed by atoms with E-state index in [1.807, 2.05) is 6.07 Å². The second-order valence-electron chi connectivity index (χ2n) is 4.66. The van der Waals surface area contributed by atoms with Crippen molar-refractivity contribution in [1.29, 1.82) is 0 Å². The van der Waals surface area contributed by atoms with E-state index in [-0.39, 0.29) is 16.9 Å². The van der Waals surface area contributed by atoms with Gasteiger partial charge in [-0.15, -0.1) is 0 Å². The van der Waals surface area contributed by atoms with Gasteiger partial charge in [-0.2, -0.15) is 0 Å². The highest BCUT2D eigenvalue weighted by molar-refractivity contribution is 6.30. The maximum atomic E-state index is 13.1. The first-order valence-electron chi connectivity index (χ1n) is 5.97. The van der Waals surface area contributed by atoms with E-state index in [2.05, 4.69) is 24.2 Å². The SMILES string of the molecule is CC(c1ccc(F)c(Cl)c1)N(C)C1CCNC1. The van der Waals surface area contributed by atoms with Crippen molar-refractivity contribution in [3.05, 3.63) is 34.6 Å². The van der Waals surface area contributed by atoms with Gasteiger partial charge in [-0.3, -0.25) is 4.90 Å². The van der Waals surface area contributed by atoms with Crippen LogP contribution in [0.4, 0.5) is 4.39 Å². The summed E-state index contributed by atoms with van der Waals surface area (Å²) in [4.78, 5) is 2.32. The molecule has 1 aromatic rings. The van der Waals surface area contributed by atoms with E-state index in [1.165, 1.54) is 6.07 Å². The number of nitrogens with zero attached hydrogens (tertiary/aromatic N) is 1. The number of rotatable bonds is 3. The number of hydrogen-bond acceptors (Lipinski definition) is 2. The van der Waals surface area contributed by atoms with Gasteiger partial charge in [-0.1, -0.05) is 17.7 Å². The Morgan fingerprint density at radius 1 is 1.53 bits per heavy atom. The molecular formula is C13H18ClFN2. The standard InChI is InChI=1S/C13H18ClFN2/c1-9(17(2)11-5-6-16-8-11)10-3-4-13(15)12(14)7-10/h3-4,7,9,11,16H,5-6,8H2,1-2H3. The lowest BCUT2D eigenvalue weighted by molar-refractivity contribution is 0.197. The Balaban J connectivity index is 2.12. The van der Waals surface area contributed by atoms with Gasteiger partial charge in [0.05, 0.1) is 5.02 Å². The van der Waals surface area contributed by atoms with Crippen molar-refractivity contribution in [2.24, 2.45) is 0 Å². The van der Waals surface area contributed by atoms with E-state index >= 15 is 0 Å². The molecule has 1 N–H and O–H groups in total. The summed E-state index contributed by atoms with van der Waals surface area (Å²) in [6.45, 7) is 4.23. The van der Waals surface area contributed by atoms with Crippen LogP contribution >= 0.6 is 11.6 Å². The monoisotopic (exact) mass is 256 g/mol. The van der Waals surface area contributed by atoms with E-state index in [9.17, 15) is 4.39 Å². The van der Waals surface area contributed by atoms with E-state index in [0.29, 0.717) is 6.04 Å². The number of halogens is 2. The molecule has 1 fully saturated rings. The lowest BCUT2D eigenvalue weighted by Crippen LogP contribution is -2.35. The van der Waals surface area contributed by atoms with Crippen LogP contribution in [0, 0.1) is 5.82 Å². The lowest BCUT2D eigenvalue weighted by Gasteiger charge is -2.30. The highest BCUT2D eigenvalue weighted by atomic mass is 35.5. The average Bonchev–Trinajstić information content (AvgIpc) is 2.84. The largest absolute Gasteiger partial charge is 0.315 e. The Morgan fingerprint density at radius 3 is 2.88 bits per heavy atom. The first-order valence-corrected chi connectivity index (χ1v) is 6.35. The molecule has 0 amide bonds. The molecule has 1 heterocycles. The molecule has 1 aromatic carbocycles. The minimum Gasteiger partial charge on any atom is -0.315 e. The minimum absolute atomic E-state index is 0.201. The van der Waals surface area contributed by atoms with Crippen molar-refractivity contribution in [2.75, 3.05) is 20.1 Å². The smallest absolute Gasteiger partial charge is 0.141 e. The molecule has 94 valence electrons. The molecule has 2 nitrogen and oxygen atoms in total. The second kappa shape index (κ2) is 5.34. The predicted octanol–water partition coefficient (Wildman–Crippen LogP) is 2.83. The molecule has 0 spiro atoms. The molecule has 0 bridgehead atoms. The summed E-state index contributed by atoms with van der Waals surface area (Å²) in [5.41, 5.74) is 1.06. The Kier molecular flexibility index (Phi) is 4.02. The zero-order valence-electron chi connectivity index (χ0n) is 10.2. The highest BCUT2D eigenvalue weighted by Gasteiger charge is 2.24. The van der Waals surface area contributed by atoms with Gasteiger partial charge in [0.2, 0.25) is 0 Å². The van der Waals surface area contributed by atoms with Gasteiger partial charge in [0.15, 0.2) is 0 Å². The summed E-state index contributed by atoms with van der Waals surface area (Å²) in [6, 6.07) is 5.77. The molecule has 0 aromatic heterocycles.